The maximum Gasteiger partial charge on any atom is 0.164 e. The maximum absolute atomic E-state index is 6.34. The van der Waals surface area contributed by atoms with E-state index in [9.17, 15) is 0 Å². The van der Waals surface area contributed by atoms with Crippen LogP contribution in [0, 0.1) is 0 Å². The van der Waals surface area contributed by atoms with Gasteiger partial charge in [-0.2, -0.15) is 0 Å². The van der Waals surface area contributed by atoms with Gasteiger partial charge >= 0.3 is 0 Å². The zero-order valence-corrected chi connectivity index (χ0v) is 29.9. The van der Waals surface area contributed by atoms with Crippen molar-refractivity contribution in [2.45, 2.75) is 0 Å². The second-order valence-electron chi connectivity index (χ2n) is 13.9. The van der Waals surface area contributed by atoms with E-state index < -0.39 is 0 Å². The number of nitrogens with zero attached hydrogens (tertiary/aromatic N) is 4. The van der Waals surface area contributed by atoms with Gasteiger partial charge in [-0.1, -0.05) is 103 Å². The molecule has 4 aromatic heterocycles. The summed E-state index contributed by atoms with van der Waals surface area (Å²) in [6, 6.07) is 58.0. The van der Waals surface area contributed by atoms with E-state index in [4.69, 9.17) is 23.8 Å². The standard InChI is InChI=1S/C50H30N4O2/c1-2-10-31(11-3-1)48-52-49(35-13-8-12-32(24-35)36-14-9-23-51-30-36)54-50(53-48)39-26-37(33-19-21-42-40-15-4-6-17-44(40)55-46(42)28-33)25-38(27-39)34-20-22-43-41-16-5-7-18-45(41)56-47(43)29-34/h1-30H. The van der Waals surface area contributed by atoms with E-state index in [1.807, 2.05) is 91.1 Å². The highest BCUT2D eigenvalue weighted by atomic mass is 16.3. The zero-order chi connectivity index (χ0) is 37.0. The predicted octanol–water partition coefficient (Wildman–Crippen LogP) is 13.1. The van der Waals surface area contributed by atoms with E-state index in [1.54, 1.807) is 6.20 Å². The monoisotopic (exact) mass is 718 g/mol. The van der Waals surface area contributed by atoms with E-state index >= 15 is 0 Å². The SMILES string of the molecule is c1ccc(-c2nc(-c3cccc(-c4cccnc4)c3)nc(-c3cc(-c4ccc5c(c4)oc4ccccc45)cc(-c4ccc5c(c4)oc4ccccc45)c3)n2)cc1. The molecule has 6 nitrogen and oxygen atoms in total. The highest BCUT2D eigenvalue weighted by Gasteiger charge is 2.17. The fourth-order valence-corrected chi connectivity index (χ4v) is 7.62. The Morgan fingerprint density at radius 2 is 0.750 bits per heavy atom. The molecular formula is C50H30N4O2. The van der Waals surface area contributed by atoms with Gasteiger partial charge < -0.3 is 8.83 Å². The lowest BCUT2D eigenvalue weighted by molar-refractivity contribution is 0.668. The van der Waals surface area contributed by atoms with Gasteiger partial charge in [-0.3, -0.25) is 4.98 Å². The van der Waals surface area contributed by atoms with Crippen LogP contribution in [0.2, 0.25) is 0 Å². The molecule has 0 aliphatic heterocycles. The van der Waals surface area contributed by atoms with Crippen molar-refractivity contribution in [3.8, 4) is 67.5 Å². The van der Waals surface area contributed by atoms with Gasteiger partial charge in [-0.05, 0) is 94.5 Å². The largest absolute Gasteiger partial charge is 0.456 e. The minimum atomic E-state index is 0.568. The highest BCUT2D eigenvalue weighted by Crippen LogP contribution is 2.38. The maximum atomic E-state index is 6.34. The van der Waals surface area contributed by atoms with Gasteiger partial charge in [0, 0.05) is 56.2 Å². The molecule has 56 heavy (non-hydrogen) atoms. The van der Waals surface area contributed by atoms with Crippen LogP contribution < -0.4 is 0 Å². The van der Waals surface area contributed by atoms with Gasteiger partial charge in [0.15, 0.2) is 17.5 Å². The summed E-state index contributed by atoms with van der Waals surface area (Å²) in [5.41, 5.74) is 12.2. The number of para-hydroxylation sites is 2. The first-order chi connectivity index (χ1) is 27.7. The first-order valence-electron chi connectivity index (χ1n) is 18.5. The van der Waals surface area contributed by atoms with Gasteiger partial charge in [-0.15, -0.1) is 0 Å². The first-order valence-corrected chi connectivity index (χ1v) is 18.5. The van der Waals surface area contributed by atoms with Crippen molar-refractivity contribution in [1.82, 2.24) is 19.9 Å². The molecule has 0 saturated heterocycles. The Morgan fingerprint density at radius 3 is 1.38 bits per heavy atom. The van der Waals surface area contributed by atoms with Crippen LogP contribution in [0.25, 0.3) is 111 Å². The average molecular weight is 719 g/mol. The van der Waals surface area contributed by atoms with Gasteiger partial charge in [0.2, 0.25) is 0 Å². The fourth-order valence-electron chi connectivity index (χ4n) is 7.62. The van der Waals surface area contributed by atoms with Crippen LogP contribution in [0.3, 0.4) is 0 Å². The number of benzene rings is 7. The third-order valence-electron chi connectivity index (χ3n) is 10.4. The smallest absolute Gasteiger partial charge is 0.164 e. The average Bonchev–Trinajstić information content (AvgIpc) is 3.84. The van der Waals surface area contributed by atoms with E-state index in [2.05, 4.69) is 89.9 Å². The van der Waals surface area contributed by atoms with Crippen molar-refractivity contribution in [3.63, 3.8) is 0 Å². The molecule has 0 amide bonds. The van der Waals surface area contributed by atoms with E-state index in [1.165, 1.54) is 0 Å². The van der Waals surface area contributed by atoms with Crippen LogP contribution >= 0.6 is 0 Å². The Hall–Kier alpha value is -7.70. The Kier molecular flexibility index (Phi) is 7.38. The van der Waals surface area contributed by atoms with Gasteiger partial charge in [0.05, 0.1) is 0 Å². The summed E-state index contributed by atoms with van der Waals surface area (Å²) in [4.78, 5) is 19.7. The van der Waals surface area contributed by atoms with Crippen LogP contribution in [-0.4, -0.2) is 19.9 Å². The number of pyridine rings is 1. The van der Waals surface area contributed by atoms with Crippen molar-refractivity contribution in [2.75, 3.05) is 0 Å². The summed E-state index contributed by atoms with van der Waals surface area (Å²) in [6.45, 7) is 0. The number of aromatic nitrogens is 4. The second kappa shape index (κ2) is 13.0. The van der Waals surface area contributed by atoms with Crippen LogP contribution in [0.15, 0.2) is 191 Å². The first kappa shape index (κ1) is 31.8. The van der Waals surface area contributed by atoms with E-state index in [0.29, 0.717) is 17.5 Å². The summed E-state index contributed by atoms with van der Waals surface area (Å²) in [5, 5.41) is 4.36. The van der Waals surface area contributed by atoms with Crippen molar-refractivity contribution in [1.29, 1.82) is 0 Å². The highest BCUT2D eigenvalue weighted by molar-refractivity contribution is 6.07. The van der Waals surface area contributed by atoms with E-state index in [-0.39, 0.29) is 0 Å². The molecule has 0 saturated carbocycles. The molecular weight excluding hydrogens is 689 g/mol. The zero-order valence-electron chi connectivity index (χ0n) is 29.9. The van der Waals surface area contributed by atoms with Gasteiger partial charge in [0.25, 0.3) is 0 Å². The van der Waals surface area contributed by atoms with Crippen molar-refractivity contribution >= 4 is 43.9 Å². The minimum Gasteiger partial charge on any atom is -0.456 e. The van der Waals surface area contributed by atoms with Crippen LogP contribution in [0.5, 0.6) is 0 Å². The van der Waals surface area contributed by atoms with Crippen molar-refractivity contribution in [3.05, 3.63) is 182 Å². The summed E-state index contributed by atoms with van der Waals surface area (Å²) < 4.78 is 12.7. The molecule has 6 heteroatoms. The topological polar surface area (TPSA) is 77.8 Å². The molecule has 0 spiro atoms. The molecule has 0 fully saturated rings. The molecule has 0 atom stereocenters. The molecule has 11 rings (SSSR count). The van der Waals surface area contributed by atoms with Crippen LogP contribution in [-0.2, 0) is 0 Å². The second-order valence-corrected chi connectivity index (χ2v) is 13.9. The van der Waals surface area contributed by atoms with Crippen LogP contribution in [0.4, 0.5) is 0 Å². The molecule has 262 valence electrons. The number of fused-ring (bicyclic) bond motifs is 6. The van der Waals surface area contributed by atoms with Crippen molar-refractivity contribution < 1.29 is 8.83 Å². The molecule has 0 bridgehead atoms. The molecule has 0 unspecified atom stereocenters. The Balaban J connectivity index is 1.12. The Bertz CT molecular complexity index is 3130. The number of furan rings is 2. The third kappa shape index (κ3) is 5.60. The third-order valence-corrected chi connectivity index (χ3v) is 10.4. The molecule has 0 aliphatic rings. The molecule has 7 aromatic carbocycles. The van der Waals surface area contributed by atoms with Crippen LogP contribution in [0.1, 0.15) is 0 Å². The van der Waals surface area contributed by atoms with Gasteiger partial charge in [-0.25, -0.2) is 15.0 Å². The lowest BCUT2D eigenvalue weighted by Gasteiger charge is -2.13. The van der Waals surface area contributed by atoms with Gasteiger partial charge in [0.1, 0.15) is 22.3 Å². The number of hydrogen-bond acceptors (Lipinski definition) is 6. The number of rotatable bonds is 6. The molecule has 0 aliphatic carbocycles. The Labute approximate surface area is 321 Å². The lowest BCUT2D eigenvalue weighted by atomic mass is 9.94. The normalized spacial score (nSPS) is 11.6. The predicted molar refractivity (Wildman–Crippen MR) is 225 cm³/mol. The lowest BCUT2D eigenvalue weighted by Crippen LogP contribution is -2.00. The quantitative estimate of drug-likeness (QED) is 0.170. The fraction of sp³-hybridized carbons (Fsp3) is 0. The summed E-state index contributed by atoms with van der Waals surface area (Å²) in [5.74, 6) is 1.74. The minimum absolute atomic E-state index is 0.568. The molecule has 11 aromatic rings. The van der Waals surface area contributed by atoms with E-state index in [0.717, 1.165) is 93.9 Å². The molecule has 0 N–H and O–H groups in total. The summed E-state index contributed by atoms with van der Waals surface area (Å²) >= 11 is 0. The Morgan fingerprint density at radius 1 is 0.286 bits per heavy atom. The number of hydrogen-bond donors (Lipinski definition) is 0. The molecule has 0 radical (unpaired) electrons. The summed E-state index contributed by atoms with van der Waals surface area (Å²) in [6.07, 6.45) is 3.65. The summed E-state index contributed by atoms with van der Waals surface area (Å²) in [7, 11) is 0. The van der Waals surface area contributed by atoms with Crippen molar-refractivity contribution in [2.24, 2.45) is 0 Å². The molecule has 4 heterocycles.